The molecule has 1 saturated heterocycles. The van der Waals surface area contributed by atoms with E-state index >= 15 is 0 Å². The molecule has 3 heterocycles. The van der Waals surface area contributed by atoms with Crippen LogP contribution in [0.4, 0.5) is 5.82 Å². The summed E-state index contributed by atoms with van der Waals surface area (Å²) in [4.78, 5) is 18.9. The number of anilines is 1. The van der Waals surface area contributed by atoms with Gasteiger partial charge < -0.3 is 4.74 Å². The van der Waals surface area contributed by atoms with Crippen LogP contribution in [-0.4, -0.2) is 32.1 Å². The van der Waals surface area contributed by atoms with Crippen LogP contribution in [0.15, 0.2) is 48.7 Å². The minimum Gasteiger partial charge on any atom is -0.404 e. The second kappa shape index (κ2) is 5.42. The van der Waals surface area contributed by atoms with E-state index in [-0.39, 0.29) is 12.2 Å². The number of benzene rings is 1. The lowest BCUT2D eigenvalue weighted by Gasteiger charge is -2.31. The Kier molecular flexibility index (Phi) is 3.27. The highest BCUT2D eigenvalue weighted by Crippen LogP contribution is 2.26. The fraction of sp³-hybridized carbons (Fsp3) is 0.294. The summed E-state index contributed by atoms with van der Waals surface area (Å²) in [6.45, 7) is 3.81. The van der Waals surface area contributed by atoms with E-state index in [1.807, 2.05) is 42.6 Å². The quantitative estimate of drug-likeness (QED) is 0.798. The number of nitrogens with one attached hydrogen (secondary N) is 2. The molecule has 2 N–H and O–H groups in total. The summed E-state index contributed by atoms with van der Waals surface area (Å²) < 4.78 is 5.61. The van der Waals surface area contributed by atoms with Crippen molar-refractivity contribution in [2.45, 2.75) is 6.23 Å². The van der Waals surface area contributed by atoms with Gasteiger partial charge in [-0.25, -0.2) is 9.78 Å². The lowest BCUT2D eigenvalue weighted by Crippen LogP contribution is -3.15. The molecule has 2 aliphatic heterocycles. The monoisotopic (exact) mass is 297 g/mol. The van der Waals surface area contributed by atoms with Crippen molar-refractivity contribution in [2.75, 3.05) is 31.1 Å². The first-order valence-electron chi connectivity index (χ1n) is 7.69. The third-order valence-electron chi connectivity index (χ3n) is 4.50. The van der Waals surface area contributed by atoms with Crippen LogP contribution in [0.1, 0.15) is 22.1 Å². The van der Waals surface area contributed by atoms with Crippen LogP contribution in [0.5, 0.6) is 0 Å². The highest BCUT2D eigenvalue weighted by Gasteiger charge is 2.40. The Hall–Kier alpha value is -2.40. The normalized spacial score (nSPS) is 21.5. The number of hydrogen-bond acceptors (Lipinski definition) is 3. The number of pyridine rings is 1. The number of quaternary nitrogens is 1. The molecule has 1 atom stereocenters. The summed E-state index contributed by atoms with van der Waals surface area (Å²) in [5.41, 5.74) is 1.75. The molecule has 0 amide bonds. The Labute approximate surface area is 129 Å². The molecule has 112 valence electrons. The number of piperazine rings is 1. The second-order valence-electron chi connectivity index (χ2n) is 5.77. The fourth-order valence-electron chi connectivity index (χ4n) is 3.33. The number of ether oxygens (including phenoxy) is 1. The average Bonchev–Trinajstić information content (AvgIpc) is 2.93. The number of esters is 1. The third kappa shape index (κ3) is 2.23. The van der Waals surface area contributed by atoms with Gasteiger partial charge in [-0.2, -0.15) is 0 Å². The molecular weight excluding hydrogens is 278 g/mol. The lowest BCUT2D eigenvalue weighted by atomic mass is 10.1. The molecule has 1 fully saturated rings. The standard InChI is InChI=1S/C17H17N3O2/c21-17-14-6-2-1-5-13(14)16(22-17)20-11-9-19(10-12-20)15-7-3-4-8-18-15/h1-8,16H,9-12H2/p+2/t16-/m1/s1. The van der Waals surface area contributed by atoms with Crippen molar-refractivity contribution in [2.24, 2.45) is 0 Å². The molecule has 1 aromatic heterocycles. The highest BCUT2D eigenvalue weighted by molar-refractivity contribution is 5.93. The van der Waals surface area contributed by atoms with Crippen molar-refractivity contribution >= 4 is 11.8 Å². The van der Waals surface area contributed by atoms with E-state index in [0.717, 1.165) is 43.1 Å². The summed E-state index contributed by atoms with van der Waals surface area (Å²) in [5.74, 6) is 0.956. The van der Waals surface area contributed by atoms with Crippen molar-refractivity contribution in [1.29, 1.82) is 0 Å². The smallest absolute Gasteiger partial charge is 0.343 e. The van der Waals surface area contributed by atoms with Crippen molar-refractivity contribution in [3.8, 4) is 0 Å². The number of carbonyl (C=O) groups is 1. The predicted molar refractivity (Wildman–Crippen MR) is 80.5 cm³/mol. The maximum Gasteiger partial charge on any atom is 0.343 e. The molecule has 4 rings (SSSR count). The maximum atomic E-state index is 12.0. The SMILES string of the molecule is O=C1O[C@@H]([NH+]2CCN(c3cccc[nH+]3)CC2)c2ccccc21. The molecule has 0 saturated carbocycles. The molecule has 2 aliphatic rings. The lowest BCUT2D eigenvalue weighted by molar-refractivity contribution is -0.952. The van der Waals surface area contributed by atoms with Gasteiger partial charge in [-0.05, 0) is 18.2 Å². The van der Waals surface area contributed by atoms with Crippen LogP contribution in [-0.2, 0) is 4.74 Å². The largest absolute Gasteiger partial charge is 0.404 e. The number of hydrogen-bond donors (Lipinski definition) is 1. The molecule has 0 unspecified atom stereocenters. The van der Waals surface area contributed by atoms with Crippen molar-refractivity contribution in [1.82, 2.24) is 0 Å². The van der Waals surface area contributed by atoms with E-state index in [1.54, 1.807) is 0 Å². The number of H-pyrrole nitrogens is 1. The molecule has 0 spiro atoms. The molecule has 0 radical (unpaired) electrons. The number of fused-ring (bicyclic) bond motifs is 1. The van der Waals surface area contributed by atoms with Gasteiger partial charge in [0.2, 0.25) is 0 Å². The molecule has 22 heavy (non-hydrogen) atoms. The Morgan fingerprint density at radius 3 is 2.64 bits per heavy atom. The molecule has 2 aromatic rings. The topological polar surface area (TPSA) is 48.1 Å². The minimum atomic E-state index is -0.188. The maximum absolute atomic E-state index is 12.0. The van der Waals surface area contributed by atoms with Crippen LogP contribution < -0.4 is 14.8 Å². The molecule has 0 aliphatic carbocycles. The predicted octanol–water partition coefficient (Wildman–Crippen LogP) is 0.0748. The summed E-state index contributed by atoms with van der Waals surface area (Å²) in [5, 5.41) is 0. The summed E-state index contributed by atoms with van der Waals surface area (Å²) in [7, 11) is 0. The Bertz CT molecular complexity index is 681. The second-order valence-corrected chi connectivity index (χ2v) is 5.77. The van der Waals surface area contributed by atoms with Gasteiger partial charge in [-0.15, -0.1) is 0 Å². The molecule has 5 heteroatoms. The number of nitrogens with zero attached hydrogens (tertiary/aromatic N) is 1. The van der Waals surface area contributed by atoms with E-state index in [0.29, 0.717) is 0 Å². The van der Waals surface area contributed by atoms with Crippen molar-refractivity contribution < 1.29 is 19.4 Å². The zero-order chi connectivity index (χ0) is 14.9. The van der Waals surface area contributed by atoms with Gasteiger partial charge in [0, 0.05) is 6.07 Å². The van der Waals surface area contributed by atoms with Gasteiger partial charge in [0.25, 0.3) is 12.0 Å². The molecule has 5 nitrogen and oxygen atoms in total. The first kappa shape index (κ1) is 13.3. The van der Waals surface area contributed by atoms with Crippen LogP contribution in [0.2, 0.25) is 0 Å². The van der Waals surface area contributed by atoms with Gasteiger partial charge >= 0.3 is 5.97 Å². The highest BCUT2D eigenvalue weighted by atomic mass is 16.6. The summed E-state index contributed by atoms with van der Waals surface area (Å²) in [6, 6.07) is 13.8. The number of aromatic nitrogens is 1. The summed E-state index contributed by atoms with van der Waals surface area (Å²) in [6.07, 6.45) is 1.80. The Balaban J connectivity index is 1.48. The summed E-state index contributed by atoms with van der Waals surface area (Å²) >= 11 is 0. The Morgan fingerprint density at radius 2 is 1.86 bits per heavy atom. The van der Waals surface area contributed by atoms with E-state index < -0.39 is 0 Å². The first-order valence-corrected chi connectivity index (χ1v) is 7.69. The van der Waals surface area contributed by atoms with Crippen molar-refractivity contribution in [3.05, 3.63) is 59.8 Å². The van der Waals surface area contributed by atoms with E-state index in [4.69, 9.17) is 4.74 Å². The third-order valence-corrected chi connectivity index (χ3v) is 4.50. The first-order chi connectivity index (χ1) is 10.8. The van der Waals surface area contributed by atoms with Gasteiger partial charge in [0.1, 0.15) is 26.2 Å². The van der Waals surface area contributed by atoms with Gasteiger partial charge in [0.05, 0.1) is 17.3 Å². The molecule has 1 aromatic carbocycles. The number of rotatable bonds is 2. The van der Waals surface area contributed by atoms with Crippen LogP contribution in [0.3, 0.4) is 0 Å². The van der Waals surface area contributed by atoms with Crippen LogP contribution in [0, 0.1) is 0 Å². The van der Waals surface area contributed by atoms with Gasteiger partial charge in [-0.3, -0.25) is 9.80 Å². The number of aromatic amines is 1. The van der Waals surface area contributed by atoms with Crippen LogP contribution in [0.25, 0.3) is 0 Å². The van der Waals surface area contributed by atoms with Crippen molar-refractivity contribution in [3.63, 3.8) is 0 Å². The molecule has 0 bridgehead atoms. The number of cyclic esters (lactones) is 1. The van der Waals surface area contributed by atoms with Gasteiger partial charge in [-0.1, -0.05) is 18.2 Å². The number of carbonyl (C=O) groups excluding carboxylic acids is 1. The van der Waals surface area contributed by atoms with E-state index in [2.05, 4.69) is 16.0 Å². The Morgan fingerprint density at radius 1 is 1.09 bits per heavy atom. The van der Waals surface area contributed by atoms with Gasteiger partial charge in [0.15, 0.2) is 0 Å². The van der Waals surface area contributed by atoms with E-state index in [9.17, 15) is 4.79 Å². The zero-order valence-electron chi connectivity index (χ0n) is 12.3. The fourth-order valence-corrected chi connectivity index (χ4v) is 3.33. The van der Waals surface area contributed by atoms with Crippen LogP contribution >= 0.6 is 0 Å². The molecular formula is C17H19N3O2+2. The average molecular weight is 297 g/mol. The van der Waals surface area contributed by atoms with E-state index in [1.165, 1.54) is 4.90 Å². The zero-order valence-corrected chi connectivity index (χ0v) is 12.3. The minimum absolute atomic E-state index is 0.148.